The third-order valence-corrected chi connectivity index (χ3v) is 3.67. The van der Waals surface area contributed by atoms with E-state index in [2.05, 4.69) is 17.3 Å². The van der Waals surface area contributed by atoms with Gasteiger partial charge in [-0.1, -0.05) is 12.1 Å². The molecule has 0 aromatic heterocycles. The van der Waals surface area contributed by atoms with Gasteiger partial charge in [0, 0.05) is 17.3 Å². The van der Waals surface area contributed by atoms with Crippen LogP contribution in [0.5, 0.6) is 0 Å². The quantitative estimate of drug-likeness (QED) is 0.672. The van der Waals surface area contributed by atoms with Gasteiger partial charge in [-0.2, -0.15) is 0 Å². The number of benzene rings is 1. The van der Waals surface area contributed by atoms with Crippen molar-refractivity contribution < 1.29 is 4.79 Å². The molecule has 0 radical (unpaired) electrons. The van der Waals surface area contributed by atoms with Gasteiger partial charge in [0.1, 0.15) is 0 Å². The first-order valence-corrected chi connectivity index (χ1v) is 6.87. The number of hydrogen-bond donors (Lipinski definition) is 1. The number of piperidine rings is 1. The molecule has 0 bridgehead atoms. The van der Waals surface area contributed by atoms with Crippen molar-refractivity contribution in [2.75, 3.05) is 31.3 Å². The summed E-state index contributed by atoms with van der Waals surface area (Å²) in [7, 11) is 2.14. The lowest BCUT2D eigenvalue weighted by molar-refractivity contribution is 0.102. The van der Waals surface area contributed by atoms with Crippen LogP contribution >= 0.6 is 11.6 Å². The lowest BCUT2D eigenvalue weighted by atomic mass is 10.0. The Bertz CT molecular complexity index is 414. The predicted molar refractivity (Wildman–Crippen MR) is 75.6 cm³/mol. The fourth-order valence-electron chi connectivity index (χ4n) is 2.30. The van der Waals surface area contributed by atoms with Crippen molar-refractivity contribution >= 4 is 23.1 Å². The van der Waals surface area contributed by atoms with Crippen LogP contribution < -0.4 is 5.32 Å². The number of likely N-dealkylation sites (tertiary alicyclic amines) is 1. The van der Waals surface area contributed by atoms with Crippen LogP contribution in [-0.2, 0) is 0 Å². The Hall–Kier alpha value is -1.06. The van der Waals surface area contributed by atoms with Crippen molar-refractivity contribution in [3.63, 3.8) is 0 Å². The topological polar surface area (TPSA) is 32.3 Å². The van der Waals surface area contributed by atoms with Crippen molar-refractivity contribution in [2.45, 2.75) is 18.9 Å². The van der Waals surface area contributed by atoms with E-state index in [0.29, 0.717) is 11.6 Å². The number of anilines is 1. The Morgan fingerprint density at radius 3 is 2.72 bits per heavy atom. The lowest BCUT2D eigenvalue weighted by Crippen LogP contribution is -2.37. The molecule has 1 aliphatic rings. The minimum absolute atomic E-state index is 0.0207. The highest BCUT2D eigenvalue weighted by atomic mass is 35.5. The first kappa shape index (κ1) is 13.4. The second-order valence-electron chi connectivity index (χ2n) is 4.82. The van der Waals surface area contributed by atoms with E-state index in [1.54, 1.807) is 0 Å². The van der Waals surface area contributed by atoms with Crippen LogP contribution in [0.1, 0.15) is 23.2 Å². The van der Waals surface area contributed by atoms with E-state index in [9.17, 15) is 4.79 Å². The minimum Gasteiger partial charge on any atom is -0.382 e. The number of Topliss-reactive ketones (excluding diaryl/α,β-unsaturated/α-hetero) is 1. The molecule has 2 rings (SSSR count). The number of ketones is 1. The standard InChI is InChI=1S/C14H19ClN2O/c1-17-8-6-11(7-9-17)16-13-5-3-2-4-12(13)14(18)10-15/h2-5,11,16H,6-10H2,1H3. The van der Waals surface area contributed by atoms with Crippen LogP contribution in [-0.4, -0.2) is 42.7 Å². The molecular weight excluding hydrogens is 248 g/mol. The Labute approximate surface area is 113 Å². The SMILES string of the molecule is CN1CCC(Nc2ccccc2C(=O)CCl)CC1. The highest BCUT2D eigenvalue weighted by Crippen LogP contribution is 2.20. The lowest BCUT2D eigenvalue weighted by Gasteiger charge is -2.30. The maximum absolute atomic E-state index is 11.7. The average molecular weight is 267 g/mol. The molecule has 1 heterocycles. The second kappa shape index (κ2) is 6.21. The number of rotatable bonds is 4. The molecule has 98 valence electrons. The normalized spacial score (nSPS) is 17.7. The summed E-state index contributed by atoms with van der Waals surface area (Å²) in [4.78, 5) is 14.1. The van der Waals surface area contributed by atoms with E-state index in [-0.39, 0.29) is 11.7 Å². The Balaban J connectivity index is 2.07. The summed E-state index contributed by atoms with van der Waals surface area (Å²) in [6.07, 6.45) is 2.22. The van der Waals surface area contributed by atoms with Crippen molar-refractivity contribution in [1.82, 2.24) is 4.90 Å². The molecule has 1 aromatic rings. The molecule has 18 heavy (non-hydrogen) atoms. The summed E-state index contributed by atoms with van der Waals surface area (Å²) in [6.45, 7) is 2.20. The van der Waals surface area contributed by atoms with Crippen LogP contribution in [0.15, 0.2) is 24.3 Å². The van der Waals surface area contributed by atoms with Crippen molar-refractivity contribution in [3.05, 3.63) is 29.8 Å². The van der Waals surface area contributed by atoms with E-state index in [0.717, 1.165) is 31.6 Å². The third kappa shape index (κ3) is 3.24. The number of halogens is 1. The summed E-state index contributed by atoms with van der Waals surface area (Å²) in [5.41, 5.74) is 1.61. The monoisotopic (exact) mass is 266 g/mol. The maximum atomic E-state index is 11.7. The van der Waals surface area contributed by atoms with Gasteiger partial charge in [0.2, 0.25) is 0 Å². The highest BCUT2D eigenvalue weighted by molar-refractivity contribution is 6.31. The number of nitrogens with one attached hydrogen (secondary N) is 1. The van der Waals surface area contributed by atoms with Crippen LogP contribution in [0.25, 0.3) is 0 Å². The van der Waals surface area contributed by atoms with Crippen LogP contribution in [0.2, 0.25) is 0 Å². The van der Waals surface area contributed by atoms with Gasteiger partial charge in [0.15, 0.2) is 5.78 Å². The van der Waals surface area contributed by atoms with Gasteiger partial charge in [-0.25, -0.2) is 0 Å². The molecule has 0 aliphatic carbocycles. The molecule has 0 unspecified atom stereocenters. The zero-order valence-electron chi connectivity index (χ0n) is 10.7. The number of carbonyl (C=O) groups excluding carboxylic acids is 1. The van der Waals surface area contributed by atoms with Gasteiger partial charge in [-0.15, -0.1) is 11.6 Å². The van der Waals surface area contributed by atoms with Crippen molar-refractivity contribution in [3.8, 4) is 0 Å². The van der Waals surface area contributed by atoms with Gasteiger partial charge in [0.25, 0.3) is 0 Å². The molecule has 3 nitrogen and oxygen atoms in total. The molecule has 1 aliphatic heterocycles. The van der Waals surface area contributed by atoms with Crippen molar-refractivity contribution in [2.24, 2.45) is 0 Å². The van der Waals surface area contributed by atoms with Gasteiger partial charge in [-0.3, -0.25) is 4.79 Å². The van der Waals surface area contributed by atoms with Gasteiger partial charge < -0.3 is 10.2 Å². The van der Waals surface area contributed by atoms with E-state index in [1.807, 2.05) is 24.3 Å². The van der Waals surface area contributed by atoms with E-state index in [1.165, 1.54) is 0 Å². The minimum atomic E-state index is -0.0207. The maximum Gasteiger partial charge on any atom is 0.179 e. The molecule has 1 saturated heterocycles. The molecule has 1 N–H and O–H groups in total. The fraction of sp³-hybridized carbons (Fsp3) is 0.500. The summed E-state index contributed by atoms with van der Waals surface area (Å²) in [6, 6.07) is 8.06. The number of carbonyl (C=O) groups is 1. The van der Waals surface area contributed by atoms with E-state index >= 15 is 0 Å². The van der Waals surface area contributed by atoms with Gasteiger partial charge in [-0.05, 0) is 45.1 Å². The molecule has 0 saturated carbocycles. The summed E-state index contributed by atoms with van der Waals surface area (Å²) in [5.74, 6) is 0.0132. The smallest absolute Gasteiger partial charge is 0.179 e. The Morgan fingerprint density at radius 1 is 1.39 bits per heavy atom. The van der Waals surface area contributed by atoms with Crippen LogP contribution in [0, 0.1) is 0 Å². The predicted octanol–water partition coefficient (Wildman–Crippen LogP) is 2.61. The Morgan fingerprint density at radius 2 is 2.06 bits per heavy atom. The van der Waals surface area contributed by atoms with E-state index in [4.69, 9.17) is 11.6 Å². The van der Waals surface area contributed by atoms with Gasteiger partial charge >= 0.3 is 0 Å². The first-order valence-electron chi connectivity index (χ1n) is 6.34. The number of nitrogens with zero attached hydrogens (tertiary/aromatic N) is 1. The first-order chi connectivity index (χ1) is 8.70. The summed E-state index contributed by atoms with van der Waals surface area (Å²) in [5, 5.41) is 3.48. The summed E-state index contributed by atoms with van der Waals surface area (Å²) < 4.78 is 0. The number of alkyl halides is 1. The van der Waals surface area contributed by atoms with E-state index < -0.39 is 0 Å². The molecule has 1 fully saturated rings. The largest absolute Gasteiger partial charge is 0.382 e. The average Bonchev–Trinajstić information content (AvgIpc) is 2.41. The zero-order valence-corrected chi connectivity index (χ0v) is 11.4. The molecule has 4 heteroatoms. The van der Waals surface area contributed by atoms with Gasteiger partial charge in [0.05, 0.1) is 5.88 Å². The summed E-state index contributed by atoms with van der Waals surface area (Å²) >= 11 is 5.64. The Kier molecular flexibility index (Phi) is 4.61. The fourth-order valence-corrected chi connectivity index (χ4v) is 2.44. The molecule has 0 spiro atoms. The van der Waals surface area contributed by atoms with Crippen molar-refractivity contribution in [1.29, 1.82) is 0 Å². The molecular formula is C14H19ClN2O. The zero-order chi connectivity index (χ0) is 13.0. The molecule has 0 amide bonds. The second-order valence-corrected chi connectivity index (χ2v) is 5.09. The highest BCUT2D eigenvalue weighted by Gasteiger charge is 2.18. The van der Waals surface area contributed by atoms with Crippen LogP contribution in [0.3, 0.4) is 0 Å². The third-order valence-electron chi connectivity index (χ3n) is 3.43. The molecule has 0 atom stereocenters. The number of hydrogen-bond acceptors (Lipinski definition) is 3. The number of para-hydroxylation sites is 1. The van der Waals surface area contributed by atoms with Crippen LogP contribution in [0.4, 0.5) is 5.69 Å². The molecule has 1 aromatic carbocycles.